The molecule has 2 rings (SSSR count). The summed E-state index contributed by atoms with van der Waals surface area (Å²) in [5.74, 6) is -0.116. The summed E-state index contributed by atoms with van der Waals surface area (Å²) in [4.78, 5) is 13.9. The van der Waals surface area contributed by atoms with Crippen molar-refractivity contribution in [2.45, 2.75) is 6.54 Å². The molecule has 1 heterocycles. The molecule has 0 fully saturated rings. The molecule has 19 heavy (non-hydrogen) atoms. The Morgan fingerprint density at radius 3 is 2.42 bits per heavy atom. The molecule has 1 aromatic carbocycles. The first-order valence-electron chi connectivity index (χ1n) is 5.85. The molecule has 0 aliphatic heterocycles. The van der Waals surface area contributed by atoms with Gasteiger partial charge in [-0.05, 0) is 55.5 Å². The van der Waals surface area contributed by atoms with Crippen LogP contribution in [0.2, 0.25) is 5.22 Å². The molecular weight excluding hydrogens is 264 g/mol. The molecule has 100 valence electrons. The van der Waals surface area contributed by atoms with E-state index in [0.29, 0.717) is 0 Å². The van der Waals surface area contributed by atoms with Crippen LogP contribution in [0.25, 0.3) is 0 Å². The van der Waals surface area contributed by atoms with Crippen molar-refractivity contribution in [3.8, 4) is 0 Å². The molecule has 4 nitrogen and oxygen atoms in total. The fraction of sp³-hybridized carbons (Fsp3) is 0.214. The largest absolute Gasteiger partial charge is 0.440 e. The van der Waals surface area contributed by atoms with E-state index in [1.54, 1.807) is 0 Å². The zero-order valence-electron chi connectivity index (χ0n) is 10.8. The van der Waals surface area contributed by atoms with E-state index in [0.717, 1.165) is 12.2 Å². The van der Waals surface area contributed by atoms with Crippen molar-refractivity contribution in [3.05, 3.63) is 52.9 Å². The average Bonchev–Trinajstić information content (AvgIpc) is 2.78. The summed E-state index contributed by atoms with van der Waals surface area (Å²) in [6.45, 7) is 0.863. The van der Waals surface area contributed by atoms with Gasteiger partial charge in [0.2, 0.25) is 0 Å². The number of benzene rings is 1. The van der Waals surface area contributed by atoms with E-state index in [1.807, 2.05) is 38.4 Å². The van der Waals surface area contributed by atoms with Crippen LogP contribution in [0.15, 0.2) is 40.8 Å². The topological polar surface area (TPSA) is 45.5 Å². The van der Waals surface area contributed by atoms with E-state index in [1.165, 1.54) is 17.7 Å². The van der Waals surface area contributed by atoms with E-state index in [9.17, 15) is 4.79 Å². The molecule has 2 aromatic rings. The summed E-state index contributed by atoms with van der Waals surface area (Å²) in [6, 6.07) is 10.8. The van der Waals surface area contributed by atoms with Gasteiger partial charge in [-0.1, -0.05) is 12.1 Å². The minimum Gasteiger partial charge on any atom is -0.440 e. The number of hydrogen-bond acceptors (Lipinski definition) is 3. The molecule has 0 spiro atoms. The lowest BCUT2D eigenvalue weighted by atomic mass is 10.2. The Morgan fingerprint density at radius 1 is 1.21 bits per heavy atom. The number of halogens is 1. The van der Waals surface area contributed by atoms with E-state index >= 15 is 0 Å². The molecule has 0 radical (unpaired) electrons. The third-order valence-corrected chi connectivity index (χ3v) is 2.71. The van der Waals surface area contributed by atoms with E-state index in [-0.39, 0.29) is 16.9 Å². The molecule has 0 bridgehead atoms. The van der Waals surface area contributed by atoms with Crippen LogP contribution in [0.1, 0.15) is 16.1 Å². The van der Waals surface area contributed by atoms with Gasteiger partial charge >= 0.3 is 0 Å². The van der Waals surface area contributed by atoms with Crippen LogP contribution in [0.3, 0.4) is 0 Å². The number of rotatable bonds is 4. The molecule has 0 saturated heterocycles. The molecule has 0 saturated carbocycles. The van der Waals surface area contributed by atoms with Gasteiger partial charge in [-0.2, -0.15) is 0 Å². The minimum absolute atomic E-state index is 0.197. The molecule has 0 aliphatic rings. The predicted molar refractivity (Wildman–Crippen MR) is 75.5 cm³/mol. The van der Waals surface area contributed by atoms with Crippen LogP contribution < -0.4 is 5.32 Å². The van der Waals surface area contributed by atoms with Crippen molar-refractivity contribution in [1.82, 2.24) is 4.90 Å². The van der Waals surface area contributed by atoms with Gasteiger partial charge in [0, 0.05) is 12.2 Å². The third kappa shape index (κ3) is 3.84. The first kappa shape index (κ1) is 13.6. The Kier molecular flexibility index (Phi) is 4.24. The van der Waals surface area contributed by atoms with Gasteiger partial charge in [0.05, 0.1) is 0 Å². The zero-order valence-corrected chi connectivity index (χ0v) is 11.6. The highest BCUT2D eigenvalue weighted by Gasteiger charge is 2.10. The summed E-state index contributed by atoms with van der Waals surface area (Å²) in [7, 11) is 4.02. The van der Waals surface area contributed by atoms with Gasteiger partial charge in [0.1, 0.15) is 0 Å². The summed E-state index contributed by atoms with van der Waals surface area (Å²) in [5.41, 5.74) is 1.91. The van der Waals surface area contributed by atoms with Crippen LogP contribution in [-0.4, -0.2) is 24.9 Å². The number of amides is 1. The SMILES string of the molecule is CN(C)Cc1ccc(NC(=O)c2ccc(Cl)o2)cc1. The predicted octanol–water partition coefficient (Wildman–Crippen LogP) is 3.25. The van der Waals surface area contributed by atoms with Crippen molar-refractivity contribution in [2.24, 2.45) is 0 Å². The summed E-state index contributed by atoms with van der Waals surface area (Å²) >= 11 is 5.63. The third-order valence-electron chi connectivity index (χ3n) is 2.51. The highest BCUT2D eigenvalue weighted by Crippen LogP contribution is 2.16. The highest BCUT2D eigenvalue weighted by molar-refractivity contribution is 6.29. The minimum atomic E-state index is -0.313. The first-order chi connectivity index (χ1) is 9.04. The number of nitrogens with zero attached hydrogens (tertiary/aromatic N) is 1. The van der Waals surface area contributed by atoms with Crippen LogP contribution in [-0.2, 0) is 6.54 Å². The van der Waals surface area contributed by atoms with E-state index in [2.05, 4.69) is 10.2 Å². The van der Waals surface area contributed by atoms with Gasteiger partial charge in [-0.15, -0.1) is 0 Å². The Labute approximate surface area is 117 Å². The number of carbonyl (C=O) groups excluding carboxylic acids is 1. The molecular formula is C14H15ClN2O2. The van der Waals surface area contributed by atoms with Crippen LogP contribution in [0.4, 0.5) is 5.69 Å². The molecule has 1 aromatic heterocycles. The van der Waals surface area contributed by atoms with Crippen molar-refractivity contribution in [1.29, 1.82) is 0 Å². The van der Waals surface area contributed by atoms with E-state index in [4.69, 9.17) is 16.0 Å². The Balaban J connectivity index is 2.01. The first-order valence-corrected chi connectivity index (χ1v) is 6.23. The van der Waals surface area contributed by atoms with Gasteiger partial charge in [-0.3, -0.25) is 4.79 Å². The maximum Gasteiger partial charge on any atom is 0.291 e. The normalized spacial score (nSPS) is 10.7. The maximum absolute atomic E-state index is 11.8. The van der Waals surface area contributed by atoms with Gasteiger partial charge in [0.15, 0.2) is 11.0 Å². The Bertz CT molecular complexity index is 561. The monoisotopic (exact) mass is 278 g/mol. The summed E-state index contributed by atoms with van der Waals surface area (Å²) < 4.78 is 5.04. The molecule has 0 aliphatic carbocycles. The number of carbonyl (C=O) groups is 1. The highest BCUT2D eigenvalue weighted by atomic mass is 35.5. The number of furan rings is 1. The van der Waals surface area contributed by atoms with Crippen molar-refractivity contribution < 1.29 is 9.21 Å². The van der Waals surface area contributed by atoms with Crippen LogP contribution in [0, 0.1) is 0 Å². The van der Waals surface area contributed by atoms with E-state index < -0.39 is 0 Å². The lowest BCUT2D eigenvalue weighted by Gasteiger charge is -2.10. The Hall–Kier alpha value is -1.78. The fourth-order valence-electron chi connectivity index (χ4n) is 1.69. The zero-order chi connectivity index (χ0) is 13.8. The van der Waals surface area contributed by atoms with Crippen molar-refractivity contribution in [2.75, 3.05) is 19.4 Å². The maximum atomic E-state index is 11.8. The quantitative estimate of drug-likeness (QED) is 0.934. The smallest absolute Gasteiger partial charge is 0.291 e. The lowest BCUT2D eigenvalue weighted by Crippen LogP contribution is -2.12. The van der Waals surface area contributed by atoms with Gasteiger partial charge < -0.3 is 14.6 Å². The second-order valence-corrected chi connectivity index (χ2v) is 4.87. The Morgan fingerprint density at radius 2 is 1.89 bits per heavy atom. The molecule has 1 amide bonds. The number of anilines is 1. The molecule has 1 N–H and O–H groups in total. The van der Waals surface area contributed by atoms with Crippen molar-refractivity contribution in [3.63, 3.8) is 0 Å². The van der Waals surface area contributed by atoms with Crippen LogP contribution >= 0.6 is 11.6 Å². The number of nitrogens with one attached hydrogen (secondary N) is 1. The standard InChI is InChI=1S/C14H15ClN2O2/c1-17(2)9-10-3-5-11(6-4-10)16-14(18)12-7-8-13(15)19-12/h3-8H,9H2,1-2H3,(H,16,18). The van der Waals surface area contributed by atoms with Gasteiger partial charge in [-0.25, -0.2) is 0 Å². The average molecular weight is 279 g/mol. The second-order valence-electron chi connectivity index (χ2n) is 4.49. The lowest BCUT2D eigenvalue weighted by molar-refractivity contribution is 0.0997. The van der Waals surface area contributed by atoms with Crippen molar-refractivity contribution >= 4 is 23.2 Å². The number of hydrogen-bond donors (Lipinski definition) is 1. The fourth-order valence-corrected chi connectivity index (χ4v) is 1.83. The molecule has 0 unspecified atom stereocenters. The summed E-state index contributed by atoms with van der Waals surface area (Å²) in [6.07, 6.45) is 0. The summed E-state index contributed by atoms with van der Waals surface area (Å²) in [5, 5.41) is 2.95. The van der Waals surface area contributed by atoms with Gasteiger partial charge in [0.25, 0.3) is 5.91 Å². The second kappa shape index (κ2) is 5.91. The molecule has 5 heteroatoms. The molecule has 0 atom stereocenters. The van der Waals surface area contributed by atoms with Crippen LogP contribution in [0.5, 0.6) is 0 Å².